The lowest BCUT2D eigenvalue weighted by Gasteiger charge is -1.92. The van der Waals surface area contributed by atoms with Gasteiger partial charge in [-0.3, -0.25) is 9.78 Å². The molecule has 0 unspecified atom stereocenters. The molecule has 12 heavy (non-hydrogen) atoms. The summed E-state index contributed by atoms with van der Waals surface area (Å²) in [6, 6.07) is 1.34. The largest absolute Gasteiger partial charge is 0.326 e. The van der Waals surface area contributed by atoms with Crippen molar-refractivity contribution in [3.63, 3.8) is 0 Å². The Morgan fingerprint density at radius 2 is 2.00 bits per heavy atom. The molecule has 0 saturated heterocycles. The van der Waals surface area contributed by atoms with Crippen molar-refractivity contribution in [3.05, 3.63) is 38.2 Å². The van der Waals surface area contributed by atoms with Gasteiger partial charge < -0.3 is 4.98 Å². The summed E-state index contributed by atoms with van der Waals surface area (Å²) in [5.74, 6) is 0. The molecular formula is C8H10N2O2. The van der Waals surface area contributed by atoms with Crippen LogP contribution in [0.1, 0.15) is 19.5 Å². The van der Waals surface area contributed by atoms with E-state index in [9.17, 15) is 9.59 Å². The van der Waals surface area contributed by atoms with Gasteiger partial charge >= 0.3 is 5.69 Å². The number of aromatic amines is 2. The zero-order chi connectivity index (χ0) is 9.14. The summed E-state index contributed by atoms with van der Waals surface area (Å²) in [5.41, 5.74) is 0.696. The predicted octanol–water partition coefficient (Wildman–Crippen LogP) is 0.486. The Bertz CT molecular complexity index is 379. The molecule has 0 amide bonds. The highest BCUT2D eigenvalue weighted by Crippen LogP contribution is 1.96. The average molecular weight is 166 g/mol. The Morgan fingerprint density at radius 1 is 1.33 bits per heavy atom. The molecule has 0 spiro atoms. The smallest absolute Gasteiger partial charge is 0.307 e. The Balaban J connectivity index is 3.28. The van der Waals surface area contributed by atoms with E-state index in [1.165, 1.54) is 6.07 Å². The zero-order valence-corrected chi connectivity index (χ0v) is 6.97. The minimum absolute atomic E-state index is 0.383. The topological polar surface area (TPSA) is 65.7 Å². The molecule has 0 saturated carbocycles. The number of hydrogen-bond donors (Lipinski definition) is 2. The summed E-state index contributed by atoms with van der Waals surface area (Å²) in [5, 5.41) is 0. The molecule has 0 aliphatic heterocycles. The van der Waals surface area contributed by atoms with Gasteiger partial charge in [0, 0.05) is 11.8 Å². The van der Waals surface area contributed by atoms with Gasteiger partial charge in [0.25, 0.3) is 5.56 Å². The Hall–Kier alpha value is -1.58. The van der Waals surface area contributed by atoms with Crippen LogP contribution in [0.4, 0.5) is 0 Å². The molecule has 0 fully saturated rings. The highest BCUT2D eigenvalue weighted by molar-refractivity contribution is 5.46. The van der Waals surface area contributed by atoms with Crippen LogP contribution in [0, 0.1) is 0 Å². The van der Waals surface area contributed by atoms with Crippen molar-refractivity contribution < 1.29 is 0 Å². The molecule has 1 aromatic heterocycles. The highest BCUT2D eigenvalue weighted by Gasteiger charge is 1.91. The third-order valence-corrected chi connectivity index (χ3v) is 1.23. The first-order valence-electron chi connectivity index (χ1n) is 3.56. The second kappa shape index (κ2) is 3.21. The molecule has 1 aromatic rings. The first kappa shape index (κ1) is 8.52. The van der Waals surface area contributed by atoms with Crippen LogP contribution in [0.3, 0.4) is 0 Å². The van der Waals surface area contributed by atoms with E-state index >= 15 is 0 Å². The van der Waals surface area contributed by atoms with Gasteiger partial charge in [0.05, 0.1) is 0 Å². The Morgan fingerprint density at radius 3 is 2.50 bits per heavy atom. The van der Waals surface area contributed by atoms with Crippen LogP contribution >= 0.6 is 0 Å². The van der Waals surface area contributed by atoms with Gasteiger partial charge in [-0.05, 0) is 19.9 Å². The van der Waals surface area contributed by atoms with E-state index in [1.807, 2.05) is 13.8 Å². The maximum atomic E-state index is 10.8. The number of H-pyrrole nitrogens is 2. The van der Waals surface area contributed by atoms with Crippen LogP contribution in [0.2, 0.25) is 0 Å². The third kappa shape index (κ3) is 2.23. The number of nitrogens with one attached hydrogen (secondary N) is 2. The monoisotopic (exact) mass is 166 g/mol. The summed E-state index contributed by atoms with van der Waals surface area (Å²) in [6.07, 6.45) is 1.73. The molecule has 64 valence electrons. The molecule has 0 atom stereocenters. The second-order valence-corrected chi connectivity index (χ2v) is 2.76. The third-order valence-electron chi connectivity index (χ3n) is 1.23. The molecule has 0 aromatic carbocycles. The number of rotatable bonds is 1. The number of hydrogen-bond acceptors (Lipinski definition) is 2. The Labute approximate surface area is 69.0 Å². The van der Waals surface area contributed by atoms with Crippen LogP contribution in [0.25, 0.3) is 6.08 Å². The molecule has 2 N–H and O–H groups in total. The van der Waals surface area contributed by atoms with E-state index in [0.29, 0.717) is 5.69 Å². The molecule has 1 rings (SSSR count). The molecule has 4 heteroatoms. The summed E-state index contributed by atoms with van der Waals surface area (Å²) >= 11 is 0. The van der Waals surface area contributed by atoms with Crippen LogP contribution in [-0.4, -0.2) is 9.97 Å². The molecule has 4 nitrogen and oxygen atoms in total. The van der Waals surface area contributed by atoms with E-state index in [1.54, 1.807) is 6.08 Å². The molecule has 0 aliphatic rings. The second-order valence-electron chi connectivity index (χ2n) is 2.76. The number of aromatic nitrogens is 2. The SMILES string of the molecule is CC(C)=Cc1cc(=O)[nH]c(=O)[nH]1. The van der Waals surface area contributed by atoms with Crippen LogP contribution in [-0.2, 0) is 0 Å². The maximum absolute atomic E-state index is 10.8. The first-order chi connectivity index (χ1) is 5.58. The summed E-state index contributed by atoms with van der Waals surface area (Å²) in [4.78, 5) is 26.1. The van der Waals surface area contributed by atoms with E-state index in [2.05, 4.69) is 9.97 Å². The molecule has 0 bridgehead atoms. The van der Waals surface area contributed by atoms with Crippen molar-refractivity contribution in [3.8, 4) is 0 Å². The van der Waals surface area contributed by atoms with Crippen molar-refractivity contribution in [2.45, 2.75) is 13.8 Å². The van der Waals surface area contributed by atoms with Crippen molar-refractivity contribution in [2.75, 3.05) is 0 Å². The van der Waals surface area contributed by atoms with Crippen molar-refractivity contribution >= 4 is 6.08 Å². The van der Waals surface area contributed by atoms with Crippen molar-refractivity contribution in [2.24, 2.45) is 0 Å². The predicted molar refractivity (Wildman–Crippen MR) is 47.0 cm³/mol. The normalized spacial score (nSPS) is 9.50. The summed E-state index contributed by atoms with van der Waals surface area (Å²) in [6.45, 7) is 3.78. The minimum atomic E-state index is -0.477. The quantitative estimate of drug-likeness (QED) is 0.637. The lowest BCUT2D eigenvalue weighted by Crippen LogP contribution is -2.21. The summed E-state index contributed by atoms with van der Waals surface area (Å²) in [7, 11) is 0. The fourth-order valence-electron chi connectivity index (χ4n) is 0.876. The first-order valence-corrected chi connectivity index (χ1v) is 3.56. The van der Waals surface area contributed by atoms with E-state index in [-0.39, 0.29) is 5.56 Å². The lowest BCUT2D eigenvalue weighted by molar-refractivity contribution is 1.02. The highest BCUT2D eigenvalue weighted by atomic mass is 16.2. The van der Waals surface area contributed by atoms with Crippen molar-refractivity contribution in [1.29, 1.82) is 0 Å². The van der Waals surface area contributed by atoms with Gasteiger partial charge in [-0.15, -0.1) is 0 Å². The van der Waals surface area contributed by atoms with Gasteiger partial charge in [0.15, 0.2) is 0 Å². The molecule has 0 aliphatic carbocycles. The Kier molecular flexibility index (Phi) is 2.28. The van der Waals surface area contributed by atoms with Crippen LogP contribution < -0.4 is 11.2 Å². The van der Waals surface area contributed by atoms with Gasteiger partial charge in [0.2, 0.25) is 0 Å². The number of allylic oxidation sites excluding steroid dienone is 1. The maximum Gasteiger partial charge on any atom is 0.326 e. The van der Waals surface area contributed by atoms with E-state index in [0.717, 1.165) is 5.57 Å². The summed E-state index contributed by atoms with van der Waals surface area (Å²) < 4.78 is 0. The molecular weight excluding hydrogens is 156 g/mol. The molecule has 1 heterocycles. The van der Waals surface area contributed by atoms with Gasteiger partial charge in [-0.2, -0.15) is 0 Å². The van der Waals surface area contributed by atoms with Gasteiger partial charge in [-0.25, -0.2) is 4.79 Å². The fraction of sp³-hybridized carbons (Fsp3) is 0.250. The van der Waals surface area contributed by atoms with Crippen molar-refractivity contribution in [1.82, 2.24) is 9.97 Å². The minimum Gasteiger partial charge on any atom is -0.307 e. The van der Waals surface area contributed by atoms with E-state index in [4.69, 9.17) is 0 Å². The lowest BCUT2D eigenvalue weighted by atomic mass is 10.2. The van der Waals surface area contributed by atoms with Gasteiger partial charge in [-0.1, -0.05) is 5.57 Å². The average Bonchev–Trinajstić information content (AvgIpc) is 1.81. The van der Waals surface area contributed by atoms with E-state index < -0.39 is 5.69 Å². The van der Waals surface area contributed by atoms with Crippen LogP contribution in [0.5, 0.6) is 0 Å². The fourth-order valence-corrected chi connectivity index (χ4v) is 0.876. The zero-order valence-electron chi connectivity index (χ0n) is 6.97. The molecule has 0 radical (unpaired) electrons. The van der Waals surface area contributed by atoms with Gasteiger partial charge in [0.1, 0.15) is 0 Å². The van der Waals surface area contributed by atoms with Crippen LogP contribution in [0.15, 0.2) is 21.2 Å². The standard InChI is InChI=1S/C8H10N2O2/c1-5(2)3-6-4-7(11)10-8(12)9-6/h3-4H,1-2H3,(H2,9,10,11,12).